The zero-order valence-corrected chi connectivity index (χ0v) is 20.2. The average molecular weight is 492 g/mol. The molecule has 3 aliphatic heterocycles. The summed E-state index contributed by atoms with van der Waals surface area (Å²) in [6, 6.07) is 1.41. The largest absolute Gasteiger partial charge is 0.357 e. The summed E-state index contributed by atoms with van der Waals surface area (Å²) in [6.45, 7) is 16.2. The minimum absolute atomic E-state index is 0. The van der Waals surface area contributed by atoms with Crippen LogP contribution in [-0.4, -0.2) is 85.1 Å². The molecule has 27 heavy (non-hydrogen) atoms. The molecule has 5 nitrogen and oxygen atoms in total. The van der Waals surface area contributed by atoms with Crippen LogP contribution in [0.15, 0.2) is 4.99 Å². The summed E-state index contributed by atoms with van der Waals surface area (Å²) >= 11 is 0. The van der Waals surface area contributed by atoms with Crippen molar-refractivity contribution < 1.29 is 0 Å². The van der Waals surface area contributed by atoms with Gasteiger partial charge in [-0.05, 0) is 78.4 Å². The summed E-state index contributed by atoms with van der Waals surface area (Å²) < 4.78 is 0. The van der Waals surface area contributed by atoms with E-state index < -0.39 is 0 Å². The van der Waals surface area contributed by atoms with Gasteiger partial charge in [0.2, 0.25) is 0 Å². The molecular weight excluding hydrogens is 449 g/mol. The van der Waals surface area contributed by atoms with Crippen molar-refractivity contribution in [2.24, 2.45) is 10.9 Å². The highest BCUT2D eigenvalue weighted by Crippen LogP contribution is 2.21. The van der Waals surface area contributed by atoms with Crippen molar-refractivity contribution in [2.45, 2.75) is 71.4 Å². The highest BCUT2D eigenvalue weighted by atomic mass is 127. The fraction of sp³-hybridized carbons (Fsp3) is 0.952. The van der Waals surface area contributed by atoms with E-state index in [9.17, 15) is 0 Å². The molecule has 158 valence electrons. The van der Waals surface area contributed by atoms with Crippen LogP contribution >= 0.6 is 24.0 Å². The lowest BCUT2D eigenvalue weighted by Gasteiger charge is -2.35. The molecular formula is C21H42IN5. The summed E-state index contributed by atoms with van der Waals surface area (Å²) in [4.78, 5) is 13.0. The van der Waals surface area contributed by atoms with Crippen LogP contribution in [0, 0.1) is 5.92 Å². The number of nitrogens with zero attached hydrogens (tertiary/aromatic N) is 4. The number of nitrogens with one attached hydrogen (secondary N) is 1. The smallest absolute Gasteiger partial charge is 0.193 e. The number of hydrogen-bond acceptors (Lipinski definition) is 3. The Balaban J connectivity index is 0.00000261. The van der Waals surface area contributed by atoms with E-state index in [2.05, 4.69) is 40.8 Å². The van der Waals surface area contributed by atoms with Crippen molar-refractivity contribution in [1.82, 2.24) is 20.0 Å². The second kappa shape index (κ2) is 11.8. The molecule has 0 bridgehead atoms. The van der Waals surface area contributed by atoms with Crippen LogP contribution < -0.4 is 5.32 Å². The standard InChI is InChI=1S/C21H41N5.HI/c1-4-22-21(23-15-19-9-8-13-25(16-19)18(2)3)26-14-10-20(17-26)24-11-6-5-7-12-24;/h18-20H,4-17H2,1-3H3,(H,22,23);1H. The Morgan fingerprint density at radius 2 is 1.78 bits per heavy atom. The van der Waals surface area contributed by atoms with Crippen molar-refractivity contribution in [2.75, 3.05) is 52.4 Å². The number of halogens is 1. The van der Waals surface area contributed by atoms with Crippen LogP contribution in [-0.2, 0) is 0 Å². The van der Waals surface area contributed by atoms with E-state index in [-0.39, 0.29) is 24.0 Å². The van der Waals surface area contributed by atoms with Gasteiger partial charge in [-0.25, -0.2) is 0 Å². The van der Waals surface area contributed by atoms with Crippen molar-refractivity contribution in [3.63, 3.8) is 0 Å². The third kappa shape index (κ3) is 6.74. The van der Waals surface area contributed by atoms with Gasteiger partial charge in [0.05, 0.1) is 0 Å². The maximum absolute atomic E-state index is 5.08. The molecule has 0 spiro atoms. The number of rotatable bonds is 5. The molecule has 0 aliphatic carbocycles. The van der Waals surface area contributed by atoms with Gasteiger partial charge in [-0.1, -0.05) is 6.42 Å². The Hall–Kier alpha value is -0.0800. The highest BCUT2D eigenvalue weighted by molar-refractivity contribution is 14.0. The molecule has 0 aromatic heterocycles. The fourth-order valence-corrected chi connectivity index (χ4v) is 4.87. The van der Waals surface area contributed by atoms with Crippen molar-refractivity contribution in [3.8, 4) is 0 Å². The fourth-order valence-electron chi connectivity index (χ4n) is 4.87. The Kier molecular flexibility index (Phi) is 10.1. The lowest BCUT2D eigenvalue weighted by atomic mass is 9.97. The third-order valence-corrected chi connectivity index (χ3v) is 6.48. The summed E-state index contributed by atoms with van der Waals surface area (Å²) in [5, 5.41) is 3.57. The molecule has 3 fully saturated rings. The number of piperidine rings is 2. The SMILES string of the molecule is CCNC(=NCC1CCCN(C(C)C)C1)N1CCC(N2CCCCC2)C1.I. The average Bonchev–Trinajstić information content (AvgIpc) is 3.16. The summed E-state index contributed by atoms with van der Waals surface area (Å²) in [6.07, 6.45) is 8.16. The summed E-state index contributed by atoms with van der Waals surface area (Å²) in [5.41, 5.74) is 0. The molecule has 0 radical (unpaired) electrons. The predicted molar refractivity (Wildman–Crippen MR) is 126 cm³/mol. The Morgan fingerprint density at radius 1 is 1.00 bits per heavy atom. The minimum Gasteiger partial charge on any atom is -0.357 e. The quantitative estimate of drug-likeness (QED) is 0.364. The molecule has 0 aromatic rings. The normalized spacial score (nSPS) is 28.4. The van der Waals surface area contributed by atoms with Gasteiger partial charge in [-0.3, -0.25) is 9.89 Å². The van der Waals surface area contributed by atoms with Crippen LogP contribution in [0.5, 0.6) is 0 Å². The first-order chi connectivity index (χ1) is 12.7. The van der Waals surface area contributed by atoms with E-state index in [1.54, 1.807) is 0 Å². The topological polar surface area (TPSA) is 34.1 Å². The zero-order chi connectivity index (χ0) is 18.4. The van der Waals surface area contributed by atoms with Crippen LogP contribution in [0.1, 0.15) is 59.3 Å². The molecule has 6 heteroatoms. The first-order valence-electron chi connectivity index (χ1n) is 11.2. The van der Waals surface area contributed by atoms with E-state index in [1.165, 1.54) is 64.7 Å². The molecule has 3 saturated heterocycles. The van der Waals surface area contributed by atoms with E-state index in [4.69, 9.17) is 4.99 Å². The van der Waals surface area contributed by atoms with Gasteiger partial charge in [0.1, 0.15) is 0 Å². The minimum atomic E-state index is 0. The van der Waals surface area contributed by atoms with Gasteiger partial charge in [-0.2, -0.15) is 0 Å². The first-order valence-corrected chi connectivity index (χ1v) is 11.2. The van der Waals surface area contributed by atoms with Crippen molar-refractivity contribution in [1.29, 1.82) is 0 Å². The maximum atomic E-state index is 5.08. The number of aliphatic imine (C=N–C) groups is 1. The molecule has 0 aromatic carbocycles. The maximum Gasteiger partial charge on any atom is 0.193 e. The van der Waals surface area contributed by atoms with Crippen LogP contribution in [0.25, 0.3) is 0 Å². The monoisotopic (exact) mass is 491 g/mol. The van der Waals surface area contributed by atoms with E-state index in [1.807, 2.05) is 0 Å². The Morgan fingerprint density at radius 3 is 2.48 bits per heavy atom. The first kappa shape index (κ1) is 23.2. The highest BCUT2D eigenvalue weighted by Gasteiger charge is 2.30. The van der Waals surface area contributed by atoms with Gasteiger partial charge in [-0.15, -0.1) is 24.0 Å². The third-order valence-electron chi connectivity index (χ3n) is 6.48. The van der Waals surface area contributed by atoms with Gasteiger partial charge >= 0.3 is 0 Å². The number of likely N-dealkylation sites (tertiary alicyclic amines) is 3. The molecule has 2 atom stereocenters. The second-order valence-electron chi connectivity index (χ2n) is 8.78. The molecule has 0 saturated carbocycles. The van der Waals surface area contributed by atoms with Crippen LogP contribution in [0.3, 0.4) is 0 Å². The molecule has 1 N–H and O–H groups in total. The van der Waals surface area contributed by atoms with Crippen LogP contribution in [0.4, 0.5) is 0 Å². The second-order valence-corrected chi connectivity index (χ2v) is 8.78. The van der Waals surface area contributed by atoms with Gasteiger partial charge in [0.15, 0.2) is 5.96 Å². The van der Waals surface area contributed by atoms with Gasteiger partial charge < -0.3 is 15.1 Å². The van der Waals surface area contributed by atoms with Gasteiger partial charge in [0.25, 0.3) is 0 Å². The van der Waals surface area contributed by atoms with E-state index in [0.29, 0.717) is 6.04 Å². The van der Waals surface area contributed by atoms with E-state index >= 15 is 0 Å². The van der Waals surface area contributed by atoms with Gasteiger partial charge in [0, 0.05) is 44.8 Å². The van der Waals surface area contributed by atoms with Crippen molar-refractivity contribution >= 4 is 29.9 Å². The molecule has 2 unspecified atom stereocenters. The molecule has 3 aliphatic rings. The Labute approximate surface area is 184 Å². The zero-order valence-electron chi connectivity index (χ0n) is 17.8. The summed E-state index contributed by atoms with van der Waals surface area (Å²) in [5.74, 6) is 1.88. The molecule has 0 amide bonds. The molecule has 3 heterocycles. The Bertz CT molecular complexity index is 450. The lowest BCUT2D eigenvalue weighted by molar-refractivity contribution is 0.143. The summed E-state index contributed by atoms with van der Waals surface area (Å²) in [7, 11) is 0. The van der Waals surface area contributed by atoms with E-state index in [0.717, 1.165) is 44.1 Å². The van der Waals surface area contributed by atoms with Crippen LogP contribution in [0.2, 0.25) is 0 Å². The number of hydrogen-bond donors (Lipinski definition) is 1. The molecule has 3 rings (SSSR count). The number of guanidine groups is 1. The predicted octanol–water partition coefficient (Wildman–Crippen LogP) is 3.25. The lowest BCUT2D eigenvalue weighted by Crippen LogP contribution is -2.45. The van der Waals surface area contributed by atoms with Crippen molar-refractivity contribution in [3.05, 3.63) is 0 Å².